The lowest BCUT2D eigenvalue weighted by atomic mass is 10.2. The second-order valence-corrected chi connectivity index (χ2v) is 4.28. The molecule has 0 atom stereocenters. The van der Waals surface area contributed by atoms with E-state index in [0.717, 1.165) is 5.56 Å². The summed E-state index contributed by atoms with van der Waals surface area (Å²) < 4.78 is 37.6. The molecule has 1 aromatic heterocycles. The Bertz CT molecular complexity index is 582. The predicted octanol–water partition coefficient (Wildman–Crippen LogP) is 4.20. The minimum Gasteiger partial charge on any atom is -0.340 e. The summed E-state index contributed by atoms with van der Waals surface area (Å²) in [5.74, 6) is -1.27. The number of anilines is 2. The van der Waals surface area contributed by atoms with Crippen molar-refractivity contribution in [2.24, 2.45) is 0 Å². The average molecular weight is 288 g/mol. The monoisotopic (exact) mass is 287 g/mol. The number of aromatic nitrogens is 2. The summed E-state index contributed by atoms with van der Waals surface area (Å²) in [6.45, 7) is 1.91. The van der Waals surface area contributed by atoms with E-state index in [1.54, 1.807) is 12.1 Å². The van der Waals surface area contributed by atoms with Crippen LogP contribution in [0.2, 0.25) is 5.15 Å². The zero-order valence-corrected chi connectivity index (χ0v) is 10.5. The van der Waals surface area contributed by atoms with Crippen LogP contribution in [-0.2, 0) is 6.18 Å². The predicted molar refractivity (Wildman–Crippen MR) is 66.5 cm³/mol. The van der Waals surface area contributed by atoms with Crippen LogP contribution in [0.4, 0.5) is 24.7 Å². The molecule has 0 fully saturated rings. The molecule has 0 radical (unpaired) electrons. The Morgan fingerprint density at radius 1 is 1.11 bits per heavy atom. The Hall–Kier alpha value is -1.82. The molecule has 2 rings (SSSR count). The van der Waals surface area contributed by atoms with Crippen LogP contribution in [0.15, 0.2) is 30.3 Å². The van der Waals surface area contributed by atoms with Gasteiger partial charge in [0.05, 0.1) is 0 Å². The van der Waals surface area contributed by atoms with Crippen LogP contribution in [0, 0.1) is 6.92 Å². The van der Waals surface area contributed by atoms with Crippen LogP contribution in [-0.4, -0.2) is 9.97 Å². The fourth-order valence-electron chi connectivity index (χ4n) is 1.39. The van der Waals surface area contributed by atoms with Gasteiger partial charge >= 0.3 is 6.18 Å². The Kier molecular flexibility index (Phi) is 3.61. The molecule has 0 saturated carbocycles. The lowest BCUT2D eigenvalue weighted by Gasteiger charge is -2.09. The highest BCUT2D eigenvalue weighted by Gasteiger charge is 2.35. The second-order valence-electron chi connectivity index (χ2n) is 3.89. The van der Waals surface area contributed by atoms with Crippen LogP contribution >= 0.6 is 11.6 Å². The first-order chi connectivity index (χ1) is 8.84. The fraction of sp³-hybridized carbons (Fsp3) is 0.167. The van der Waals surface area contributed by atoms with Crippen LogP contribution in [0.25, 0.3) is 0 Å². The summed E-state index contributed by atoms with van der Waals surface area (Å²) in [6, 6.07) is 8.36. The van der Waals surface area contributed by atoms with Gasteiger partial charge in [-0.25, -0.2) is 9.97 Å². The maximum Gasteiger partial charge on any atom is 0.451 e. The van der Waals surface area contributed by atoms with E-state index < -0.39 is 12.0 Å². The number of alkyl halides is 3. The molecule has 0 amide bonds. The Labute approximate surface area is 112 Å². The Morgan fingerprint density at radius 2 is 1.74 bits per heavy atom. The Balaban J connectivity index is 2.30. The van der Waals surface area contributed by atoms with E-state index in [9.17, 15) is 13.2 Å². The number of aryl methyl sites for hydroxylation is 1. The van der Waals surface area contributed by atoms with Crippen molar-refractivity contribution in [1.29, 1.82) is 0 Å². The van der Waals surface area contributed by atoms with E-state index in [1.165, 1.54) is 6.07 Å². The van der Waals surface area contributed by atoms with E-state index in [0.29, 0.717) is 5.69 Å². The number of nitrogens with zero attached hydrogens (tertiary/aromatic N) is 2. The van der Waals surface area contributed by atoms with E-state index in [2.05, 4.69) is 15.3 Å². The zero-order chi connectivity index (χ0) is 14.0. The van der Waals surface area contributed by atoms with Crippen molar-refractivity contribution in [1.82, 2.24) is 9.97 Å². The largest absolute Gasteiger partial charge is 0.451 e. The molecular formula is C12H9ClF3N3. The first-order valence-electron chi connectivity index (χ1n) is 5.30. The molecule has 100 valence electrons. The van der Waals surface area contributed by atoms with Crippen molar-refractivity contribution < 1.29 is 13.2 Å². The van der Waals surface area contributed by atoms with Crippen LogP contribution in [0.1, 0.15) is 11.4 Å². The van der Waals surface area contributed by atoms with Gasteiger partial charge in [0.2, 0.25) is 5.82 Å². The number of hydrogen-bond donors (Lipinski definition) is 1. The van der Waals surface area contributed by atoms with Crippen molar-refractivity contribution in [3.63, 3.8) is 0 Å². The van der Waals surface area contributed by atoms with E-state index in [-0.39, 0.29) is 11.0 Å². The van der Waals surface area contributed by atoms with Crippen molar-refractivity contribution in [2.45, 2.75) is 13.1 Å². The van der Waals surface area contributed by atoms with Crippen molar-refractivity contribution in [2.75, 3.05) is 5.32 Å². The summed E-state index contributed by atoms with van der Waals surface area (Å²) in [5.41, 5.74) is 1.66. The molecule has 0 unspecified atom stereocenters. The molecule has 2 aromatic rings. The van der Waals surface area contributed by atoms with Crippen LogP contribution in [0.3, 0.4) is 0 Å². The van der Waals surface area contributed by atoms with Gasteiger partial charge in [0, 0.05) is 11.8 Å². The van der Waals surface area contributed by atoms with Gasteiger partial charge in [0.25, 0.3) is 0 Å². The quantitative estimate of drug-likeness (QED) is 0.841. The normalized spacial score (nSPS) is 11.4. The number of halogens is 4. The van der Waals surface area contributed by atoms with Gasteiger partial charge in [0.15, 0.2) is 0 Å². The number of nitrogens with one attached hydrogen (secondary N) is 1. The van der Waals surface area contributed by atoms with Gasteiger partial charge in [-0.3, -0.25) is 0 Å². The first-order valence-corrected chi connectivity index (χ1v) is 5.68. The lowest BCUT2D eigenvalue weighted by Crippen LogP contribution is -2.12. The van der Waals surface area contributed by atoms with Crippen molar-refractivity contribution >= 4 is 23.1 Å². The molecule has 1 aromatic carbocycles. The zero-order valence-electron chi connectivity index (χ0n) is 9.79. The smallest absolute Gasteiger partial charge is 0.340 e. The van der Waals surface area contributed by atoms with Gasteiger partial charge in [0.1, 0.15) is 11.0 Å². The van der Waals surface area contributed by atoms with Gasteiger partial charge in [-0.05, 0) is 19.1 Å². The Morgan fingerprint density at radius 3 is 2.32 bits per heavy atom. The maximum atomic E-state index is 12.5. The molecule has 19 heavy (non-hydrogen) atoms. The summed E-state index contributed by atoms with van der Waals surface area (Å²) >= 11 is 5.56. The molecule has 0 aliphatic rings. The number of benzene rings is 1. The number of hydrogen-bond acceptors (Lipinski definition) is 3. The third kappa shape index (κ3) is 3.57. The molecule has 3 nitrogen and oxygen atoms in total. The summed E-state index contributed by atoms with van der Waals surface area (Å²) in [4.78, 5) is 6.54. The highest BCUT2D eigenvalue weighted by atomic mass is 35.5. The maximum absolute atomic E-state index is 12.5. The van der Waals surface area contributed by atoms with Crippen LogP contribution < -0.4 is 5.32 Å². The standard InChI is InChI=1S/C12H9ClF3N3/c1-7-2-4-8(5-3-7)17-10-6-9(13)18-11(19-10)12(14,15)16/h2-6H,1H3,(H,17,18,19). The van der Waals surface area contributed by atoms with Crippen LogP contribution in [0.5, 0.6) is 0 Å². The van der Waals surface area contributed by atoms with Gasteiger partial charge in [-0.2, -0.15) is 13.2 Å². The molecule has 0 spiro atoms. The summed E-state index contributed by atoms with van der Waals surface area (Å²) in [5, 5.41) is 2.48. The molecule has 7 heteroatoms. The number of rotatable bonds is 2. The van der Waals surface area contributed by atoms with E-state index in [4.69, 9.17) is 11.6 Å². The van der Waals surface area contributed by atoms with Crippen molar-refractivity contribution in [3.8, 4) is 0 Å². The highest BCUT2D eigenvalue weighted by molar-refractivity contribution is 6.29. The molecule has 1 heterocycles. The van der Waals surface area contributed by atoms with Gasteiger partial charge in [-0.15, -0.1) is 0 Å². The minimum atomic E-state index is -4.63. The van der Waals surface area contributed by atoms with E-state index in [1.807, 2.05) is 19.1 Å². The highest BCUT2D eigenvalue weighted by Crippen LogP contribution is 2.29. The van der Waals surface area contributed by atoms with Crippen molar-refractivity contribution in [3.05, 3.63) is 46.9 Å². The summed E-state index contributed by atoms with van der Waals surface area (Å²) in [6.07, 6.45) is -4.63. The molecule has 0 bridgehead atoms. The molecule has 0 aliphatic heterocycles. The summed E-state index contributed by atoms with van der Waals surface area (Å²) in [7, 11) is 0. The minimum absolute atomic E-state index is 0.00354. The lowest BCUT2D eigenvalue weighted by molar-refractivity contribution is -0.144. The fourth-order valence-corrected chi connectivity index (χ4v) is 1.58. The molecular weight excluding hydrogens is 279 g/mol. The average Bonchev–Trinajstić information content (AvgIpc) is 2.30. The molecule has 0 saturated heterocycles. The topological polar surface area (TPSA) is 37.8 Å². The SMILES string of the molecule is Cc1ccc(Nc2cc(Cl)nc(C(F)(F)F)n2)cc1. The van der Waals surface area contributed by atoms with Gasteiger partial charge in [-0.1, -0.05) is 29.3 Å². The third-order valence-corrected chi connectivity index (χ3v) is 2.47. The molecule has 1 N–H and O–H groups in total. The first kappa shape index (κ1) is 13.6. The molecule has 0 aliphatic carbocycles. The van der Waals surface area contributed by atoms with Gasteiger partial charge < -0.3 is 5.32 Å². The second kappa shape index (κ2) is 5.05. The third-order valence-electron chi connectivity index (χ3n) is 2.27. The van der Waals surface area contributed by atoms with E-state index >= 15 is 0 Å².